The summed E-state index contributed by atoms with van der Waals surface area (Å²) in [6, 6.07) is 31.8. The van der Waals surface area contributed by atoms with E-state index in [9.17, 15) is 0 Å². The Morgan fingerprint density at radius 3 is 1.79 bits per heavy atom. The van der Waals surface area contributed by atoms with Crippen molar-refractivity contribution < 1.29 is 4.52 Å². The van der Waals surface area contributed by atoms with E-state index in [4.69, 9.17) is 4.52 Å². The molecule has 1 aliphatic heterocycles. The van der Waals surface area contributed by atoms with Crippen LogP contribution in [0.5, 0.6) is 0 Å². The zero-order valence-corrected chi connectivity index (χ0v) is 17.6. The summed E-state index contributed by atoms with van der Waals surface area (Å²) in [7, 11) is -2.07. The van der Waals surface area contributed by atoms with Crippen LogP contribution in [0.25, 0.3) is 10.9 Å². The second-order valence-electron chi connectivity index (χ2n) is 7.12. The van der Waals surface area contributed by atoms with Gasteiger partial charge in [-0.3, -0.25) is 0 Å². The van der Waals surface area contributed by atoms with Crippen LogP contribution in [0.3, 0.4) is 0 Å². The monoisotopic (exact) mass is 396 g/mol. The summed E-state index contributed by atoms with van der Waals surface area (Å²) in [4.78, 5) is 0. The van der Waals surface area contributed by atoms with Crippen molar-refractivity contribution >= 4 is 23.3 Å². The molecule has 0 fully saturated rings. The van der Waals surface area contributed by atoms with Gasteiger partial charge in [-0.1, -0.05) is 97.1 Å². The standard InChI is InChI=1S/C27H25OP/c1-3-19-28-29(2)26(23-15-9-5-10-16-23)20-25(22-13-7-4-8-14-22)21-27(29)24-17-11-6-12-18-24/h3-18,20-21H,1,19H2,2H3. The number of benzene rings is 3. The van der Waals surface area contributed by atoms with E-state index in [2.05, 4.69) is 116 Å². The van der Waals surface area contributed by atoms with E-state index < -0.39 is 7.11 Å². The first-order chi connectivity index (χ1) is 14.2. The predicted octanol–water partition coefficient (Wildman–Crippen LogP) is 7.11. The van der Waals surface area contributed by atoms with Crippen molar-refractivity contribution in [3.05, 3.63) is 132 Å². The van der Waals surface area contributed by atoms with Crippen LogP contribution in [-0.4, -0.2) is 18.6 Å². The minimum absolute atomic E-state index is 0.527. The van der Waals surface area contributed by atoms with Crippen molar-refractivity contribution in [2.24, 2.45) is 0 Å². The van der Waals surface area contributed by atoms with Gasteiger partial charge >= 0.3 is 0 Å². The minimum Gasteiger partial charge on any atom is -0.353 e. The molecule has 0 bridgehead atoms. The molecule has 1 aliphatic rings. The molecule has 0 radical (unpaired) electrons. The van der Waals surface area contributed by atoms with E-state index >= 15 is 0 Å². The normalized spacial score (nSPS) is 18.7. The van der Waals surface area contributed by atoms with Gasteiger partial charge in [-0.2, -0.15) is 0 Å². The molecule has 3 aromatic carbocycles. The van der Waals surface area contributed by atoms with Gasteiger partial charge in [0.25, 0.3) is 0 Å². The maximum absolute atomic E-state index is 6.58. The lowest BCUT2D eigenvalue weighted by Crippen LogP contribution is -2.10. The summed E-state index contributed by atoms with van der Waals surface area (Å²) in [5, 5.41) is 2.53. The van der Waals surface area contributed by atoms with Crippen LogP contribution >= 0.6 is 7.11 Å². The van der Waals surface area contributed by atoms with Gasteiger partial charge in [-0.05, 0) is 41.1 Å². The predicted molar refractivity (Wildman–Crippen MR) is 128 cm³/mol. The molecule has 1 atom stereocenters. The number of hydrogen-bond acceptors (Lipinski definition) is 1. The molecule has 0 N–H and O–H groups in total. The molecule has 0 aliphatic carbocycles. The molecule has 144 valence electrons. The Balaban J connectivity index is 2.02. The highest BCUT2D eigenvalue weighted by Crippen LogP contribution is 2.62. The van der Waals surface area contributed by atoms with Crippen LogP contribution < -0.4 is 0 Å². The Hall–Kier alpha value is -2.86. The zero-order chi connectivity index (χ0) is 20.1. The Labute approximate surface area is 173 Å². The van der Waals surface area contributed by atoms with Gasteiger partial charge in [0.1, 0.15) is 0 Å². The highest BCUT2D eigenvalue weighted by molar-refractivity contribution is 7.81. The molecule has 3 aromatic rings. The quantitative estimate of drug-likeness (QED) is 0.319. The van der Waals surface area contributed by atoms with E-state index in [1.165, 1.54) is 32.9 Å². The first kappa shape index (κ1) is 19.5. The Morgan fingerprint density at radius 1 is 0.724 bits per heavy atom. The largest absolute Gasteiger partial charge is 0.353 e. The summed E-state index contributed by atoms with van der Waals surface area (Å²) >= 11 is 0. The highest BCUT2D eigenvalue weighted by Gasteiger charge is 2.28. The molecule has 1 nitrogen and oxygen atoms in total. The van der Waals surface area contributed by atoms with Crippen molar-refractivity contribution in [3.8, 4) is 0 Å². The van der Waals surface area contributed by atoms with E-state index in [0.29, 0.717) is 6.61 Å². The molecule has 29 heavy (non-hydrogen) atoms. The van der Waals surface area contributed by atoms with Gasteiger partial charge in [0.2, 0.25) is 0 Å². The lowest BCUT2D eigenvalue weighted by Gasteiger charge is -2.32. The van der Waals surface area contributed by atoms with E-state index in [0.717, 1.165) is 0 Å². The fourth-order valence-electron chi connectivity index (χ4n) is 3.73. The van der Waals surface area contributed by atoms with E-state index in [-0.39, 0.29) is 0 Å². The van der Waals surface area contributed by atoms with Crippen LogP contribution in [-0.2, 0) is 4.52 Å². The Bertz CT molecular complexity index is 1100. The Kier molecular flexibility index (Phi) is 5.81. The summed E-state index contributed by atoms with van der Waals surface area (Å²) < 4.78 is 6.58. The van der Waals surface area contributed by atoms with Crippen LogP contribution in [0.1, 0.15) is 16.7 Å². The topological polar surface area (TPSA) is 9.23 Å². The molecule has 4 rings (SSSR count). The molecule has 0 saturated heterocycles. The molecular weight excluding hydrogens is 371 g/mol. The zero-order valence-electron chi connectivity index (χ0n) is 16.7. The lowest BCUT2D eigenvalue weighted by molar-refractivity contribution is 0.410. The van der Waals surface area contributed by atoms with Crippen molar-refractivity contribution in [2.75, 3.05) is 13.3 Å². The van der Waals surface area contributed by atoms with Crippen molar-refractivity contribution in [1.82, 2.24) is 0 Å². The smallest absolute Gasteiger partial charge is 0.0690 e. The third-order valence-corrected chi connectivity index (χ3v) is 8.48. The summed E-state index contributed by atoms with van der Waals surface area (Å²) in [5.74, 6) is 0. The fraction of sp³-hybridized carbons (Fsp3) is 0.0741. The molecule has 0 amide bonds. The molecule has 1 unspecified atom stereocenters. The minimum atomic E-state index is -2.07. The second kappa shape index (κ2) is 8.66. The lowest BCUT2D eigenvalue weighted by atomic mass is 10.0. The number of hydrogen-bond donors (Lipinski definition) is 0. The van der Waals surface area contributed by atoms with E-state index in [1.807, 2.05) is 6.08 Å². The van der Waals surface area contributed by atoms with Gasteiger partial charge in [-0.25, -0.2) is 0 Å². The van der Waals surface area contributed by atoms with Crippen molar-refractivity contribution in [2.45, 2.75) is 0 Å². The molecule has 0 saturated carbocycles. The molecular formula is C27H25OP. The molecule has 0 spiro atoms. The van der Waals surface area contributed by atoms with Crippen molar-refractivity contribution in [1.29, 1.82) is 0 Å². The van der Waals surface area contributed by atoms with Crippen LogP contribution in [0.4, 0.5) is 0 Å². The van der Waals surface area contributed by atoms with Gasteiger partial charge in [0.15, 0.2) is 0 Å². The summed E-state index contributed by atoms with van der Waals surface area (Å²) in [5.41, 5.74) is 4.84. The maximum Gasteiger partial charge on any atom is 0.0690 e. The molecule has 2 heteroatoms. The average molecular weight is 396 g/mol. The van der Waals surface area contributed by atoms with Crippen molar-refractivity contribution in [3.63, 3.8) is 0 Å². The first-order valence-corrected chi connectivity index (χ1v) is 12.0. The first-order valence-electron chi connectivity index (χ1n) is 9.82. The highest BCUT2D eigenvalue weighted by atomic mass is 31.2. The van der Waals surface area contributed by atoms with Gasteiger partial charge < -0.3 is 4.52 Å². The second-order valence-corrected chi connectivity index (χ2v) is 10.2. The SMILES string of the molecule is C=CCOP1(C)=C(c2ccccc2)C=C(c2ccccc2)C=C1c1ccccc1. The molecule has 1 heterocycles. The van der Waals surface area contributed by atoms with Gasteiger partial charge in [-0.15, -0.1) is 6.58 Å². The third kappa shape index (κ3) is 3.98. The van der Waals surface area contributed by atoms with Crippen LogP contribution in [0.15, 0.2) is 116 Å². The Morgan fingerprint density at radius 2 is 1.24 bits per heavy atom. The van der Waals surface area contributed by atoms with Crippen LogP contribution in [0.2, 0.25) is 0 Å². The van der Waals surface area contributed by atoms with E-state index in [1.54, 1.807) is 0 Å². The molecule has 0 aromatic heterocycles. The maximum atomic E-state index is 6.58. The summed E-state index contributed by atoms with van der Waals surface area (Å²) in [6.45, 7) is 6.68. The van der Waals surface area contributed by atoms with Gasteiger partial charge in [0, 0.05) is 17.7 Å². The fourth-order valence-corrected chi connectivity index (χ4v) is 6.72. The van der Waals surface area contributed by atoms with Crippen LogP contribution in [0, 0.1) is 0 Å². The number of allylic oxidation sites excluding steroid dienone is 3. The van der Waals surface area contributed by atoms with Gasteiger partial charge in [0.05, 0.1) is 6.61 Å². The number of rotatable bonds is 6. The average Bonchev–Trinajstić information content (AvgIpc) is 2.79. The third-order valence-electron chi connectivity index (χ3n) is 5.20. The summed E-state index contributed by atoms with van der Waals surface area (Å²) in [6.07, 6.45) is 6.47.